The van der Waals surface area contributed by atoms with E-state index in [2.05, 4.69) is 29.0 Å². The van der Waals surface area contributed by atoms with Crippen molar-refractivity contribution < 1.29 is 12.8 Å². The van der Waals surface area contributed by atoms with E-state index in [-0.39, 0.29) is 10.7 Å². The average Bonchev–Trinajstić information content (AvgIpc) is 3.08. The molecule has 1 aromatic heterocycles. The second-order valence-corrected chi connectivity index (χ2v) is 9.74. The van der Waals surface area contributed by atoms with Crippen LogP contribution in [0.5, 0.6) is 0 Å². The normalized spacial score (nSPS) is 11.9. The molecule has 0 unspecified atom stereocenters. The largest absolute Gasteiger partial charge is 0.383 e. The van der Waals surface area contributed by atoms with Gasteiger partial charge >= 0.3 is 0 Å². The van der Waals surface area contributed by atoms with Gasteiger partial charge < -0.3 is 15.2 Å². The minimum Gasteiger partial charge on any atom is -0.383 e. The van der Waals surface area contributed by atoms with Gasteiger partial charge in [0.05, 0.1) is 33.8 Å². The Hall–Kier alpha value is -2.65. The van der Waals surface area contributed by atoms with Gasteiger partial charge in [0, 0.05) is 27.2 Å². The Bertz CT molecular complexity index is 1160. The molecule has 0 atom stereocenters. The minimum absolute atomic E-state index is 0.210. The maximum atomic E-state index is 13.8. The first kappa shape index (κ1) is 23.0. The Kier molecular flexibility index (Phi) is 7.17. The van der Waals surface area contributed by atoms with E-state index in [4.69, 9.17) is 4.98 Å². The van der Waals surface area contributed by atoms with Crippen LogP contribution in [0, 0.1) is 5.82 Å². The topological polar surface area (TPSA) is 79.3 Å². The number of fused-ring (bicyclic) bond motifs is 1. The molecular formula is C22H30FN5O2S. The molecule has 0 aliphatic rings. The van der Waals surface area contributed by atoms with Gasteiger partial charge in [-0.05, 0) is 49.2 Å². The summed E-state index contributed by atoms with van der Waals surface area (Å²) in [4.78, 5) is 4.91. The first-order chi connectivity index (χ1) is 14.8. The van der Waals surface area contributed by atoms with Crippen LogP contribution in [0.3, 0.4) is 0 Å². The maximum Gasteiger partial charge on any atom is 0.242 e. The maximum absolute atomic E-state index is 13.8. The highest BCUT2D eigenvalue weighted by Crippen LogP contribution is 2.26. The Labute approximate surface area is 183 Å². The Morgan fingerprint density at radius 3 is 2.48 bits per heavy atom. The summed E-state index contributed by atoms with van der Waals surface area (Å²) in [5.41, 5.74) is 3.00. The number of rotatable bonds is 10. The number of aromatic nitrogens is 2. The van der Waals surface area contributed by atoms with E-state index in [1.165, 1.54) is 30.5 Å². The zero-order chi connectivity index (χ0) is 22.6. The van der Waals surface area contributed by atoms with Crippen LogP contribution in [-0.4, -0.2) is 42.9 Å². The Morgan fingerprint density at radius 2 is 1.81 bits per heavy atom. The molecule has 3 rings (SSSR count). The number of hydrogen-bond donors (Lipinski definition) is 2. The smallest absolute Gasteiger partial charge is 0.242 e. The molecule has 168 valence electrons. The Balaban J connectivity index is 1.95. The van der Waals surface area contributed by atoms with Crippen molar-refractivity contribution in [1.82, 2.24) is 13.9 Å². The lowest BCUT2D eigenvalue weighted by Crippen LogP contribution is -2.22. The molecule has 0 saturated heterocycles. The fourth-order valence-electron chi connectivity index (χ4n) is 3.39. The third-order valence-corrected chi connectivity index (χ3v) is 6.82. The van der Waals surface area contributed by atoms with Gasteiger partial charge in [-0.1, -0.05) is 13.8 Å². The van der Waals surface area contributed by atoms with E-state index >= 15 is 0 Å². The molecule has 7 nitrogen and oxygen atoms in total. The van der Waals surface area contributed by atoms with Crippen LogP contribution in [0.25, 0.3) is 11.0 Å². The average molecular weight is 448 g/mol. The van der Waals surface area contributed by atoms with E-state index in [0.717, 1.165) is 43.0 Å². The third-order valence-electron chi connectivity index (χ3n) is 5.01. The highest BCUT2D eigenvalue weighted by molar-refractivity contribution is 7.89. The van der Waals surface area contributed by atoms with Gasteiger partial charge in [0.2, 0.25) is 10.0 Å². The second-order valence-electron chi connectivity index (χ2n) is 7.59. The van der Waals surface area contributed by atoms with E-state index in [1.54, 1.807) is 24.3 Å². The molecule has 0 aliphatic heterocycles. The third kappa shape index (κ3) is 4.99. The predicted octanol–water partition coefficient (Wildman–Crippen LogP) is 4.27. The molecule has 31 heavy (non-hydrogen) atoms. The van der Waals surface area contributed by atoms with Gasteiger partial charge in [-0.3, -0.25) is 0 Å². The van der Waals surface area contributed by atoms with Crippen molar-refractivity contribution in [3.8, 4) is 0 Å². The van der Waals surface area contributed by atoms with Crippen molar-refractivity contribution >= 4 is 32.4 Å². The number of imidazole rings is 1. The standard InChI is InChI=1S/C22H30FN5O2S/c1-5-11-24-18-9-7-16(23)13-19(18)25-15-22-26-20-14-17(31(29,30)27(3)4)8-10-21(20)28(22)12-6-2/h7-10,13-14,24-25H,5-6,11-12,15H2,1-4H3. The summed E-state index contributed by atoms with van der Waals surface area (Å²) < 4.78 is 42.1. The predicted molar refractivity (Wildman–Crippen MR) is 123 cm³/mol. The van der Waals surface area contributed by atoms with E-state index in [1.807, 2.05) is 0 Å². The lowest BCUT2D eigenvalue weighted by atomic mass is 10.2. The quantitative estimate of drug-likeness (QED) is 0.485. The summed E-state index contributed by atoms with van der Waals surface area (Å²) in [7, 11) is -0.525. The van der Waals surface area contributed by atoms with Crippen LogP contribution in [0.4, 0.5) is 15.8 Å². The second kappa shape index (κ2) is 9.65. The lowest BCUT2D eigenvalue weighted by Gasteiger charge is -2.14. The van der Waals surface area contributed by atoms with Crippen LogP contribution >= 0.6 is 0 Å². The fraction of sp³-hybridized carbons (Fsp3) is 0.409. The molecule has 0 bridgehead atoms. The molecule has 2 aromatic carbocycles. The van der Waals surface area contributed by atoms with Crippen molar-refractivity contribution in [2.45, 2.75) is 44.7 Å². The molecule has 0 fully saturated rings. The number of aryl methyl sites for hydroxylation is 1. The summed E-state index contributed by atoms with van der Waals surface area (Å²) >= 11 is 0. The zero-order valence-electron chi connectivity index (χ0n) is 18.4. The molecule has 0 amide bonds. The SMILES string of the molecule is CCCNc1ccc(F)cc1NCc1nc2cc(S(=O)(=O)N(C)C)ccc2n1CCC. The van der Waals surface area contributed by atoms with Crippen LogP contribution in [0.15, 0.2) is 41.3 Å². The number of hydrogen-bond acceptors (Lipinski definition) is 5. The van der Waals surface area contributed by atoms with Crippen molar-refractivity contribution in [2.75, 3.05) is 31.3 Å². The summed E-state index contributed by atoms with van der Waals surface area (Å²) in [6.07, 6.45) is 1.86. The zero-order valence-corrected chi connectivity index (χ0v) is 19.3. The molecule has 0 radical (unpaired) electrons. The number of nitrogens with zero attached hydrogens (tertiary/aromatic N) is 3. The number of nitrogens with one attached hydrogen (secondary N) is 2. The number of benzene rings is 2. The van der Waals surface area contributed by atoms with Gasteiger partial charge in [0.15, 0.2) is 0 Å². The highest BCUT2D eigenvalue weighted by atomic mass is 32.2. The molecule has 1 heterocycles. The van der Waals surface area contributed by atoms with Gasteiger partial charge in [0.25, 0.3) is 0 Å². The van der Waals surface area contributed by atoms with Crippen LogP contribution < -0.4 is 10.6 Å². The van der Waals surface area contributed by atoms with Crippen LogP contribution in [0.2, 0.25) is 0 Å². The van der Waals surface area contributed by atoms with Gasteiger partial charge in [0.1, 0.15) is 11.6 Å². The molecule has 0 spiro atoms. The van der Waals surface area contributed by atoms with Crippen molar-refractivity contribution in [3.05, 3.63) is 48.0 Å². The minimum atomic E-state index is -3.54. The van der Waals surface area contributed by atoms with E-state index in [9.17, 15) is 12.8 Å². The molecule has 0 aliphatic carbocycles. The monoisotopic (exact) mass is 447 g/mol. The van der Waals surface area contributed by atoms with E-state index in [0.29, 0.717) is 17.7 Å². The highest BCUT2D eigenvalue weighted by Gasteiger charge is 2.19. The number of sulfonamides is 1. The molecule has 9 heteroatoms. The van der Waals surface area contributed by atoms with Crippen molar-refractivity contribution in [1.29, 1.82) is 0 Å². The number of anilines is 2. The fourth-order valence-corrected chi connectivity index (χ4v) is 4.31. The Morgan fingerprint density at radius 1 is 1.03 bits per heavy atom. The summed E-state index contributed by atoms with van der Waals surface area (Å²) in [5, 5.41) is 6.59. The van der Waals surface area contributed by atoms with Gasteiger partial charge in [-0.15, -0.1) is 0 Å². The first-order valence-electron chi connectivity index (χ1n) is 10.5. The van der Waals surface area contributed by atoms with Crippen molar-refractivity contribution in [2.24, 2.45) is 0 Å². The molecule has 2 N–H and O–H groups in total. The first-order valence-corrected chi connectivity index (χ1v) is 11.9. The lowest BCUT2D eigenvalue weighted by molar-refractivity contribution is 0.521. The van der Waals surface area contributed by atoms with E-state index < -0.39 is 10.0 Å². The van der Waals surface area contributed by atoms with Crippen LogP contribution in [-0.2, 0) is 23.1 Å². The van der Waals surface area contributed by atoms with Crippen molar-refractivity contribution in [3.63, 3.8) is 0 Å². The molecular weight excluding hydrogens is 417 g/mol. The molecule has 3 aromatic rings. The van der Waals surface area contributed by atoms with Gasteiger partial charge in [-0.25, -0.2) is 22.1 Å². The van der Waals surface area contributed by atoms with Crippen LogP contribution in [0.1, 0.15) is 32.5 Å². The van der Waals surface area contributed by atoms with Gasteiger partial charge in [-0.2, -0.15) is 0 Å². The summed E-state index contributed by atoms with van der Waals surface area (Å²) in [6.45, 7) is 6.07. The molecule has 0 saturated carbocycles. The summed E-state index contributed by atoms with van der Waals surface area (Å²) in [6, 6.07) is 9.64. The number of halogens is 1. The summed E-state index contributed by atoms with van der Waals surface area (Å²) in [5.74, 6) is 0.451.